The lowest BCUT2D eigenvalue weighted by Gasteiger charge is -2.25. The van der Waals surface area contributed by atoms with Gasteiger partial charge in [0.05, 0.1) is 6.54 Å². The highest BCUT2D eigenvalue weighted by Gasteiger charge is 2.29. The zero-order valence-corrected chi connectivity index (χ0v) is 13.7. The molecule has 0 unspecified atom stereocenters. The smallest absolute Gasteiger partial charge is 0.177 e. The highest BCUT2D eigenvalue weighted by atomic mass is 19.1. The normalized spacial score (nSPS) is 17.6. The number of piperidine rings is 1. The first kappa shape index (κ1) is 16.7. The van der Waals surface area contributed by atoms with Gasteiger partial charge in [0.15, 0.2) is 5.60 Å². The van der Waals surface area contributed by atoms with Gasteiger partial charge in [-0.1, -0.05) is 60.7 Å². The van der Waals surface area contributed by atoms with Crippen LogP contribution >= 0.6 is 0 Å². The van der Waals surface area contributed by atoms with Crippen LogP contribution in [0.15, 0.2) is 54.6 Å². The van der Waals surface area contributed by atoms with Crippen LogP contribution in [0.4, 0.5) is 4.39 Å². The molecule has 0 aliphatic carbocycles. The molecule has 0 spiro atoms. The molecule has 0 amide bonds. The van der Waals surface area contributed by atoms with E-state index in [9.17, 15) is 9.50 Å². The zero-order chi connectivity index (χ0) is 16.8. The average molecular weight is 323 g/mol. The largest absolute Gasteiger partial charge is 0.369 e. The first-order valence-electron chi connectivity index (χ1n) is 8.45. The van der Waals surface area contributed by atoms with Gasteiger partial charge in [-0.3, -0.25) is 4.90 Å². The predicted octanol–water partition coefficient (Wildman–Crippen LogP) is 3.55. The lowest BCUT2D eigenvalue weighted by atomic mass is 9.87. The van der Waals surface area contributed by atoms with Gasteiger partial charge in [-0.15, -0.1) is 0 Å². The van der Waals surface area contributed by atoms with Crippen molar-refractivity contribution in [2.24, 2.45) is 0 Å². The summed E-state index contributed by atoms with van der Waals surface area (Å²) in [5, 5.41) is 11.2. The van der Waals surface area contributed by atoms with E-state index in [0.29, 0.717) is 17.7 Å². The second-order valence-corrected chi connectivity index (χ2v) is 6.23. The van der Waals surface area contributed by atoms with Gasteiger partial charge >= 0.3 is 0 Å². The fraction of sp³-hybridized carbons (Fsp3) is 0.333. The van der Waals surface area contributed by atoms with Crippen molar-refractivity contribution in [1.29, 1.82) is 0 Å². The number of rotatable bonds is 3. The van der Waals surface area contributed by atoms with E-state index in [0.717, 1.165) is 13.1 Å². The van der Waals surface area contributed by atoms with E-state index in [1.165, 1.54) is 31.4 Å². The lowest BCUT2D eigenvalue weighted by molar-refractivity contribution is 0.144. The van der Waals surface area contributed by atoms with Crippen molar-refractivity contribution in [3.05, 3.63) is 71.5 Å². The summed E-state index contributed by atoms with van der Waals surface area (Å²) in [5.74, 6) is 5.74. The Hall–Kier alpha value is -2.15. The molecule has 0 bridgehead atoms. The minimum absolute atomic E-state index is 0.375. The molecule has 2 nitrogen and oxygen atoms in total. The van der Waals surface area contributed by atoms with Crippen LogP contribution in [0.1, 0.15) is 30.4 Å². The van der Waals surface area contributed by atoms with Gasteiger partial charge < -0.3 is 5.11 Å². The van der Waals surface area contributed by atoms with Crippen molar-refractivity contribution in [1.82, 2.24) is 4.90 Å². The minimum Gasteiger partial charge on any atom is -0.369 e. The van der Waals surface area contributed by atoms with Gasteiger partial charge in [0.2, 0.25) is 0 Å². The molecule has 2 aromatic rings. The van der Waals surface area contributed by atoms with E-state index in [1.807, 2.05) is 30.3 Å². The topological polar surface area (TPSA) is 23.5 Å². The van der Waals surface area contributed by atoms with Crippen LogP contribution in [-0.2, 0) is 5.60 Å². The molecule has 1 fully saturated rings. The maximum Gasteiger partial charge on any atom is 0.177 e. The summed E-state index contributed by atoms with van der Waals surface area (Å²) < 4.78 is 13.7. The Kier molecular flexibility index (Phi) is 5.30. The minimum atomic E-state index is -1.50. The van der Waals surface area contributed by atoms with Crippen molar-refractivity contribution < 1.29 is 9.50 Å². The number of hydrogen-bond donors (Lipinski definition) is 1. The van der Waals surface area contributed by atoms with Gasteiger partial charge in [0.1, 0.15) is 5.82 Å². The molecule has 1 atom stereocenters. The third-order valence-corrected chi connectivity index (χ3v) is 4.45. The first-order chi connectivity index (χ1) is 11.7. The molecule has 3 rings (SSSR count). The Morgan fingerprint density at radius 2 is 1.67 bits per heavy atom. The molecule has 1 aliphatic rings. The summed E-state index contributed by atoms with van der Waals surface area (Å²) in [6.45, 7) is 2.74. The molecule has 24 heavy (non-hydrogen) atoms. The lowest BCUT2D eigenvalue weighted by Crippen LogP contribution is -2.31. The van der Waals surface area contributed by atoms with Crippen molar-refractivity contribution >= 4 is 0 Å². The fourth-order valence-electron chi connectivity index (χ4n) is 3.10. The third kappa shape index (κ3) is 3.84. The average Bonchev–Trinajstić information content (AvgIpc) is 2.63. The fourth-order valence-corrected chi connectivity index (χ4v) is 3.10. The van der Waals surface area contributed by atoms with Gasteiger partial charge in [-0.05, 0) is 38.1 Å². The van der Waals surface area contributed by atoms with Crippen LogP contribution in [-0.4, -0.2) is 29.6 Å². The maximum atomic E-state index is 13.7. The van der Waals surface area contributed by atoms with E-state index in [2.05, 4.69) is 16.7 Å². The second-order valence-electron chi connectivity index (χ2n) is 6.23. The number of nitrogens with zero attached hydrogens (tertiary/aromatic N) is 1. The summed E-state index contributed by atoms with van der Waals surface area (Å²) in [4.78, 5) is 2.30. The SMILES string of the molecule is O[C@@](C#CCN1CCCCC1)(c1ccccc1)c1cccc(F)c1. The van der Waals surface area contributed by atoms with Crippen LogP contribution in [0, 0.1) is 17.7 Å². The van der Waals surface area contributed by atoms with Crippen molar-refractivity contribution in [2.75, 3.05) is 19.6 Å². The molecular weight excluding hydrogens is 301 g/mol. The van der Waals surface area contributed by atoms with Crippen LogP contribution in [0.2, 0.25) is 0 Å². The molecule has 1 N–H and O–H groups in total. The summed E-state index contributed by atoms with van der Waals surface area (Å²) in [5.41, 5.74) is -0.388. The molecule has 0 aromatic heterocycles. The Balaban J connectivity index is 1.91. The Morgan fingerprint density at radius 3 is 2.38 bits per heavy atom. The van der Waals surface area contributed by atoms with Crippen molar-refractivity contribution in [3.63, 3.8) is 0 Å². The van der Waals surface area contributed by atoms with Crippen LogP contribution in [0.3, 0.4) is 0 Å². The number of halogens is 1. The zero-order valence-electron chi connectivity index (χ0n) is 13.7. The molecule has 0 radical (unpaired) electrons. The van der Waals surface area contributed by atoms with E-state index in [-0.39, 0.29) is 5.82 Å². The quantitative estimate of drug-likeness (QED) is 0.873. The molecule has 1 heterocycles. The van der Waals surface area contributed by atoms with Gasteiger partial charge in [-0.25, -0.2) is 4.39 Å². The second kappa shape index (κ2) is 7.61. The van der Waals surface area contributed by atoms with E-state index < -0.39 is 5.60 Å². The van der Waals surface area contributed by atoms with Crippen LogP contribution in [0.25, 0.3) is 0 Å². The number of likely N-dealkylation sites (tertiary alicyclic amines) is 1. The third-order valence-electron chi connectivity index (χ3n) is 4.45. The Bertz CT molecular complexity index is 728. The Morgan fingerprint density at radius 1 is 0.958 bits per heavy atom. The van der Waals surface area contributed by atoms with Gasteiger partial charge in [0.25, 0.3) is 0 Å². The molecule has 2 aromatic carbocycles. The number of hydrogen-bond acceptors (Lipinski definition) is 2. The van der Waals surface area contributed by atoms with Crippen LogP contribution < -0.4 is 0 Å². The van der Waals surface area contributed by atoms with Crippen molar-refractivity contribution in [2.45, 2.75) is 24.9 Å². The molecular formula is C21H22FNO. The monoisotopic (exact) mass is 323 g/mol. The van der Waals surface area contributed by atoms with Crippen molar-refractivity contribution in [3.8, 4) is 11.8 Å². The first-order valence-corrected chi connectivity index (χ1v) is 8.45. The molecule has 124 valence electrons. The number of aliphatic hydroxyl groups is 1. The molecule has 3 heteroatoms. The summed E-state index contributed by atoms with van der Waals surface area (Å²) in [6.07, 6.45) is 3.68. The summed E-state index contributed by atoms with van der Waals surface area (Å²) >= 11 is 0. The van der Waals surface area contributed by atoms with E-state index >= 15 is 0 Å². The van der Waals surface area contributed by atoms with Gasteiger partial charge in [-0.2, -0.15) is 0 Å². The molecule has 0 saturated carbocycles. The molecule has 1 saturated heterocycles. The predicted molar refractivity (Wildman–Crippen MR) is 93.9 cm³/mol. The maximum absolute atomic E-state index is 13.7. The van der Waals surface area contributed by atoms with Crippen LogP contribution in [0.5, 0.6) is 0 Å². The van der Waals surface area contributed by atoms with E-state index in [1.54, 1.807) is 12.1 Å². The highest BCUT2D eigenvalue weighted by molar-refractivity contribution is 5.44. The van der Waals surface area contributed by atoms with Gasteiger partial charge in [0, 0.05) is 11.1 Å². The summed E-state index contributed by atoms with van der Waals surface area (Å²) in [7, 11) is 0. The van der Waals surface area contributed by atoms with E-state index in [4.69, 9.17) is 0 Å². The molecule has 1 aliphatic heterocycles. The highest BCUT2D eigenvalue weighted by Crippen LogP contribution is 2.29. The number of benzene rings is 2. The standard InChI is InChI=1S/C21H22FNO/c22-20-12-7-11-19(17-20)21(24,18-9-3-1-4-10-18)13-8-16-23-14-5-2-6-15-23/h1,3-4,7,9-12,17,24H,2,5-6,14-16H2/t21-/m0/s1. The summed E-state index contributed by atoms with van der Waals surface area (Å²) in [6, 6.07) is 15.3. The Labute approximate surface area is 142 Å².